The number of rotatable bonds is 6. The van der Waals surface area contributed by atoms with Crippen molar-refractivity contribution in [3.05, 3.63) is 75.8 Å². The topological polar surface area (TPSA) is 67.6 Å². The van der Waals surface area contributed by atoms with Crippen LogP contribution in [0, 0.1) is 10.1 Å². The average Bonchev–Trinajstić information content (AvgIpc) is 2.68. The number of nitrogens with one attached hydrogen (secondary N) is 1. The quantitative estimate of drug-likeness (QED) is 0.603. The zero-order valence-corrected chi connectivity index (χ0v) is 16.0. The molecule has 2 aromatic carbocycles. The lowest BCUT2D eigenvalue weighted by atomic mass is 10.0. The molecule has 27 heavy (non-hydrogen) atoms. The number of hydrogen-bond acceptors (Lipinski definition) is 5. The number of benzene rings is 2. The van der Waals surface area contributed by atoms with Gasteiger partial charge in [0.25, 0.3) is 5.69 Å². The van der Waals surface area contributed by atoms with Gasteiger partial charge in [0.1, 0.15) is 5.75 Å². The van der Waals surface area contributed by atoms with Crippen LogP contribution in [0.3, 0.4) is 0 Å². The third-order valence-corrected chi connectivity index (χ3v) is 4.62. The van der Waals surface area contributed by atoms with Crippen molar-refractivity contribution in [1.82, 2.24) is 10.2 Å². The van der Waals surface area contributed by atoms with E-state index in [0.717, 1.165) is 37.5 Å². The van der Waals surface area contributed by atoms with Crippen molar-refractivity contribution in [2.45, 2.75) is 6.04 Å². The monoisotopic (exact) mass is 389 g/mol. The first-order valence-corrected chi connectivity index (χ1v) is 8.68. The number of halogens is 1. The summed E-state index contributed by atoms with van der Waals surface area (Å²) in [7, 11) is 1.69. The van der Waals surface area contributed by atoms with Crippen LogP contribution in [0.4, 0.5) is 5.69 Å². The minimum absolute atomic E-state index is 0. The lowest BCUT2D eigenvalue weighted by Crippen LogP contribution is -2.46. The largest absolute Gasteiger partial charge is 0.496 e. The predicted molar refractivity (Wildman–Crippen MR) is 110 cm³/mol. The molecule has 1 aliphatic rings. The highest BCUT2D eigenvalue weighted by Crippen LogP contribution is 2.30. The molecule has 1 unspecified atom stereocenters. The number of nitrogens with zero attached hydrogens (tertiary/aromatic N) is 2. The molecular weight excluding hydrogens is 366 g/mol. The summed E-state index contributed by atoms with van der Waals surface area (Å²) in [4.78, 5) is 13.1. The van der Waals surface area contributed by atoms with Crippen molar-refractivity contribution in [1.29, 1.82) is 0 Å². The molecule has 0 bridgehead atoms. The van der Waals surface area contributed by atoms with E-state index in [1.165, 1.54) is 6.07 Å². The number of para-hydroxylation sites is 2. The van der Waals surface area contributed by atoms with Crippen molar-refractivity contribution in [2.75, 3.05) is 33.3 Å². The molecule has 0 aromatic heterocycles. The number of nitro groups is 1. The molecule has 1 saturated heterocycles. The van der Waals surface area contributed by atoms with Gasteiger partial charge in [-0.25, -0.2) is 0 Å². The van der Waals surface area contributed by atoms with E-state index in [-0.39, 0.29) is 29.1 Å². The SMILES string of the molecule is COc1ccccc1C1CNCCN1C/C=C/c1ccccc1[N+](=O)[O-].Cl. The predicted octanol–water partition coefficient (Wildman–Crippen LogP) is 3.68. The molecule has 2 aromatic rings. The Hall–Kier alpha value is -2.41. The van der Waals surface area contributed by atoms with E-state index < -0.39 is 0 Å². The second kappa shape index (κ2) is 10.1. The maximum atomic E-state index is 11.1. The van der Waals surface area contributed by atoms with Crippen LogP contribution in [0.2, 0.25) is 0 Å². The molecule has 1 aliphatic heterocycles. The minimum Gasteiger partial charge on any atom is -0.496 e. The van der Waals surface area contributed by atoms with Crippen molar-refractivity contribution in [2.24, 2.45) is 0 Å². The van der Waals surface area contributed by atoms with Gasteiger partial charge in [-0.1, -0.05) is 42.5 Å². The van der Waals surface area contributed by atoms with E-state index in [9.17, 15) is 10.1 Å². The van der Waals surface area contributed by atoms with Crippen LogP contribution in [-0.2, 0) is 0 Å². The number of ether oxygens (including phenoxy) is 1. The molecule has 0 aliphatic carbocycles. The van der Waals surface area contributed by atoms with Gasteiger partial charge in [0.2, 0.25) is 0 Å². The van der Waals surface area contributed by atoms with Gasteiger partial charge in [0.05, 0.1) is 23.6 Å². The Labute approximate surface area is 165 Å². The summed E-state index contributed by atoms with van der Waals surface area (Å²) in [6.45, 7) is 3.39. The normalized spacial score (nSPS) is 17.4. The molecule has 0 radical (unpaired) electrons. The number of piperazine rings is 1. The van der Waals surface area contributed by atoms with E-state index in [1.54, 1.807) is 19.2 Å². The lowest BCUT2D eigenvalue weighted by Gasteiger charge is -2.36. The molecule has 3 rings (SSSR count). The zero-order valence-electron chi connectivity index (χ0n) is 15.2. The van der Waals surface area contributed by atoms with Gasteiger partial charge in [0.15, 0.2) is 0 Å². The summed E-state index contributed by atoms with van der Waals surface area (Å²) in [5.74, 6) is 0.883. The Kier molecular flexibility index (Phi) is 7.79. The number of methoxy groups -OCH3 is 1. The van der Waals surface area contributed by atoms with Crippen LogP contribution in [0.25, 0.3) is 6.08 Å². The average molecular weight is 390 g/mol. The fourth-order valence-corrected chi connectivity index (χ4v) is 3.32. The third kappa shape index (κ3) is 5.07. The summed E-state index contributed by atoms with van der Waals surface area (Å²) < 4.78 is 5.52. The van der Waals surface area contributed by atoms with Crippen LogP contribution in [0.5, 0.6) is 5.75 Å². The maximum absolute atomic E-state index is 11.1. The molecule has 0 amide bonds. The first kappa shape index (κ1) is 20.9. The van der Waals surface area contributed by atoms with Crippen LogP contribution >= 0.6 is 12.4 Å². The summed E-state index contributed by atoms with van der Waals surface area (Å²) >= 11 is 0. The zero-order chi connectivity index (χ0) is 18.4. The van der Waals surface area contributed by atoms with Crippen molar-refractivity contribution >= 4 is 24.2 Å². The third-order valence-electron chi connectivity index (χ3n) is 4.62. The highest BCUT2D eigenvalue weighted by Gasteiger charge is 2.25. The molecule has 1 atom stereocenters. The van der Waals surface area contributed by atoms with Gasteiger partial charge >= 0.3 is 0 Å². The van der Waals surface area contributed by atoms with E-state index in [1.807, 2.05) is 36.4 Å². The Morgan fingerprint density at radius 3 is 2.78 bits per heavy atom. The Morgan fingerprint density at radius 1 is 1.26 bits per heavy atom. The van der Waals surface area contributed by atoms with E-state index in [2.05, 4.69) is 16.3 Å². The van der Waals surface area contributed by atoms with Crippen LogP contribution in [0.15, 0.2) is 54.6 Å². The summed E-state index contributed by atoms with van der Waals surface area (Å²) in [5, 5.41) is 14.6. The molecule has 1 fully saturated rings. The molecule has 0 saturated carbocycles. The van der Waals surface area contributed by atoms with Gasteiger partial charge in [0, 0.05) is 37.8 Å². The Bertz CT molecular complexity index is 798. The van der Waals surface area contributed by atoms with Gasteiger partial charge in [-0.15, -0.1) is 12.4 Å². The van der Waals surface area contributed by atoms with Crippen LogP contribution in [0.1, 0.15) is 17.2 Å². The molecule has 1 N–H and O–H groups in total. The summed E-state index contributed by atoms with van der Waals surface area (Å²) in [5.41, 5.74) is 1.91. The molecule has 1 heterocycles. The molecular formula is C20H24ClN3O3. The summed E-state index contributed by atoms with van der Waals surface area (Å²) in [6.07, 6.45) is 3.83. The Balaban J connectivity index is 0.00000261. The summed E-state index contributed by atoms with van der Waals surface area (Å²) in [6, 6.07) is 15.1. The first-order valence-electron chi connectivity index (χ1n) is 8.68. The van der Waals surface area contributed by atoms with Gasteiger partial charge in [-0.2, -0.15) is 0 Å². The second-order valence-corrected chi connectivity index (χ2v) is 6.18. The standard InChI is InChI=1S/C20H23N3O3.ClH/c1-26-20-11-5-3-9-17(20)19-15-21-12-14-22(19)13-6-8-16-7-2-4-10-18(16)23(24)25;/h2-11,19,21H,12-15H2,1H3;1H/b8-6+;. The van der Waals surface area contributed by atoms with Crippen LogP contribution in [-0.4, -0.2) is 43.1 Å². The first-order chi connectivity index (χ1) is 12.7. The molecule has 6 nitrogen and oxygen atoms in total. The smallest absolute Gasteiger partial charge is 0.276 e. The number of nitro benzene ring substituents is 1. The highest BCUT2D eigenvalue weighted by molar-refractivity contribution is 5.85. The second-order valence-electron chi connectivity index (χ2n) is 6.18. The number of hydrogen-bond donors (Lipinski definition) is 1. The molecule has 144 valence electrons. The maximum Gasteiger partial charge on any atom is 0.276 e. The van der Waals surface area contributed by atoms with Gasteiger partial charge in [-0.3, -0.25) is 15.0 Å². The molecule has 7 heteroatoms. The van der Waals surface area contributed by atoms with Crippen molar-refractivity contribution < 1.29 is 9.66 Å². The van der Waals surface area contributed by atoms with Crippen molar-refractivity contribution in [3.63, 3.8) is 0 Å². The van der Waals surface area contributed by atoms with Crippen molar-refractivity contribution in [3.8, 4) is 5.75 Å². The molecule has 0 spiro atoms. The van der Waals surface area contributed by atoms with Crippen LogP contribution < -0.4 is 10.1 Å². The lowest BCUT2D eigenvalue weighted by molar-refractivity contribution is -0.385. The highest BCUT2D eigenvalue weighted by atomic mass is 35.5. The minimum atomic E-state index is -0.345. The van der Waals surface area contributed by atoms with E-state index in [4.69, 9.17) is 4.74 Å². The fraction of sp³-hybridized carbons (Fsp3) is 0.300. The van der Waals surface area contributed by atoms with E-state index in [0.29, 0.717) is 5.56 Å². The Morgan fingerprint density at radius 2 is 2.00 bits per heavy atom. The fourth-order valence-electron chi connectivity index (χ4n) is 3.32. The van der Waals surface area contributed by atoms with Gasteiger partial charge < -0.3 is 10.1 Å². The van der Waals surface area contributed by atoms with E-state index >= 15 is 0 Å². The van der Waals surface area contributed by atoms with Gasteiger partial charge in [-0.05, 0) is 12.1 Å².